The van der Waals surface area contributed by atoms with Crippen molar-refractivity contribution in [2.45, 2.75) is 0 Å². The molecule has 5 heteroatoms. The van der Waals surface area contributed by atoms with E-state index >= 15 is 0 Å². The Labute approximate surface area is 70.9 Å². The van der Waals surface area contributed by atoms with Gasteiger partial charge in [0.25, 0.3) is 0 Å². The van der Waals surface area contributed by atoms with Crippen LogP contribution in [0, 0.1) is 0 Å². The van der Waals surface area contributed by atoms with E-state index in [9.17, 15) is 4.79 Å². The normalized spacial score (nSPS) is 17.7. The van der Waals surface area contributed by atoms with Crippen molar-refractivity contribution in [3.8, 4) is 0 Å². The molecule has 11 heavy (non-hydrogen) atoms. The number of rotatable bonds is 2. The number of amides is 2. The van der Waals surface area contributed by atoms with Gasteiger partial charge in [-0.1, -0.05) is 12.2 Å². The van der Waals surface area contributed by atoms with Gasteiger partial charge in [-0.05, 0) is 0 Å². The van der Waals surface area contributed by atoms with Crippen molar-refractivity contribution in [1.82, 2.24) is 9.80 Å². The summed E-state index contributed by atoms with van der Waals surface area (Å²) in [6.07, 6.45) is 0. The maximum Gasteiger partial charge on any atom is 0.320 e. The Bertz CT molecular complexity index is 194. The Balaban J connectivity index is 2.49. The summed E-state index contributed by atoms with van der Waals surface area (Å²) in [6.45, 7) is 1.90. The zero-order valence-corrected chi connectivity index (χ0v) is 7.23. The summed E-state index contributed by atoms with van der Waals surface area (Å²) in [7, 11) is 1.77. The molecule has 1 heterocycles. The topological polar surface area (TPSA) is 49.6 Å². The number of carbonyl (C=O) groups is 1. The average Bonchev–Trinajstić information content (AvgIpc) is 2.18. The van der Waals surface area contributed by atoms with Crippen molar-refractivity contribution in [1.29, 1.82) is 0 Å². The molecular weight excluding hydrogens is 162 g/mol. The van der Waals surface area contributed by atoms with Gasteiger partial charge in [-0.3, -0.25) is 0 Å². The zero-order chi connectivity index (χ0) is 8.43. The lowest BCUT2D eigenvalue weighted by Gasteiger charge is -2.14. The first-order valence-corrected chi connectivity index (χ1v) is 3.80. The fourth-order valence-electron chi connectivity index (χ4n) is 1.04. The highest BCUT2D eigenvalue weighted by atomic mass is 32.1. The minimum atomic E-state index is 0.0119. The molecule has 0 aromatic carbocycles. The van der Waals surface area contributed by atoms with Crippen molar-refractivity contribution >= 4 is 23.2 Å². The highest BCUT2D eigenvalue weighted by Crippen LogP contribution is 2.04. The third-order valence-electron chi connectivity index (χ3n) is 1.65. The van der Waals surface area contributed by atoms with Crippen molar-refractivity contribution in [2.24, 2.45) is 5.73 Å². The fraction of sp³-hybridized carbons (Fsp3) is 0.667. The van der Waals surface area contributed by atoms with E-state index in [2.05, 4.69) is 12.2 Å². The molecule has 0 unspecified atom stereocenters. The first-order chi connectivity index (χ1) is 5.11. The number of hydrogen-bond acceptors (Lipinski definition) is 2. The summed E-state index contributed by atoms with van der Waals surface area (Å²) in [5, 5.41) is 0. The molecule has 1 aliphatic heterocycles. The van der Waals surface area contributed by atoms with Crippen LogP contribution in [0.15, 0.2) is 0 Å². The van der Waals surface area contributed by atoms with Crippen LogP contribution < -0.4 is 5.73 Å². The van der Waals surface area contributed by atoms with Gasteiger partial charge < -0.3 is 15.5 Å². The number of nitrogens with zero attached hydrogens (tertiary/aromatic N) is 2. The van der Waals surface area contributed by atoms with E-state index in [1.54, 1.807) is 16.8 Å². The molecule has 0 spiro atoms. The molecule has 2 amide bonds. The number of thiocarbonyl (C=S) groups is 1. The van der Waals surface area contributed by atoms with Crippen LogP contribution in [0.3, 0.4) is 0 Å². The minimum absolute atomic E-state index is 0.0119. The maximum absolute atomic E-state index is 11.2. The van der Waals surface area contributed by atoms with E-state index < -0.39 is 0 Å². The molecule has 0 atom stereocenters. The smallest absolute Gasteiger partial charge is 0.320 e. The van der Waals surface area contributed by atoms with Gasteiger partial charge in [0, 0.05) is 20.1 Å². The molecule has 0 aromatic heterocycles. The second-order valence-corrected chi connectivity index (χ2v) is 3.12. The third-order valence-corrected chi connectivity index (χ3v) is 1.78. The molecule has 62 valence electrons. The Morgan fingerprint density at radius 2 is 2.36 bits per heavy atom. The molecule has 0 radical (unpaired) electrons. The van der Waals surface area contributed by atoms with E-state index in [0.717, 1.165) is 13.1 Å². The van der Waals surface area contributed by atoms with E-state index in [1.807, 2.05) is 0 Å². The van der Waals surface area contributed by atoms with Crippen molar-refractivity contribution < 1.29 is 4.79 Å². The van der Waals surface area contributed by atoms with Crippen molar-refractivity contribution in [3.05, 3.63) is 0 Å². The molecule has 1 rings (SSSR count). The number of nitrogens with two attached hydrogens (primary N) is 1. The monoisotopic (exact) mass is 173 g/mol. The molecule has 0 aromatic rings. The second-order valence-electron chi connectivity index (χ2n) is 2.59. The van der Waals surface area contributed by atoms with Crippen molar-refractivity contribution in [3.63, 3.8) is 0 Å². The molecule has 1 saturated heterocycles. The van der Waals surface area contributed by atoms with Crippen LogP contribution in [0.2, 0.25) is 0 Å². The lowest BCUT2D eigenvalue weighted by atomic mass is 10.5. The number of urea groups is 1. The molecule has 2 N–H and O–H groups in total. The Kier molecular flexibility index (Phi) is 2.28. The van der Waals surface area contributed by atoms with Crippen LogP contribution in [0.1, 0.15) is 0 Å². The van der Waals surface area contributed by atoms with Crippen LogP contribution in [-0.4, -0.2) is 47.5 Å². The van der Waals surface area contributed by atoms with E-state index in [4.69, 9.17) is 5.73 Å². The van der Waals surface area contributed by atoms with E-state index in [-0.39, 0.29) is 6.03 Å². The molecule has 4 nitrogen and oxygen atoms in total. The van der Waals surface area contributed by atoms with Gasteiger partial charge in [-0.15, -0.1) is 0 Å². The molecular formula is C6H11N3OS. The summed E-state index contributed by atoms with van der Waals surface area (Å²) in [5.41, 5.74) is 5.30. The summed E-state index contributed by atoms with van der Waals surface area (Å²) < 4.78 is 0. The van der Waals surface area contributed by atoms with Crippen LogP contribution in [-0.2, 0) is 0 Å². The molecule has 0 aliphatic carbocycles. The summed E-state index contributed by atoms with van der Waals surface area (Å²) in [5.74, 6) is 0. The fourth-order valence-corrected chi connectivity index (χ4v) is 1.19. The largest absolute Gasteiger partial charge is 0.392 e. The maximum atomic E-state index is 11.2. The van der Waals surface area contributed by atoms with Gasteiger partial charge in [0.2, 0.25) is 0 Å². The van der Waals surface area contributed by atoms with Crippen LogP contribution in [0.25, 0.3) is 0 Å². The number of likely N-dealkylation sites (N-methyl/N-ethyl adjacent to an activating group) is 1. The van der Waals surface area contributed by atoms with Gasteiger partial charge in [0.15, 0.2) is 0 Å². The first kappa shape index (κ1) is 8.26. The SMILES string of the molecule is CN1CCN(CC(N)=S)C1=O. The Morgan fingerprint density at radius 3 is 2.73 bits per heavy atom. The Morgan fingerprint density at radius 1 is 1.73 bits per heavy atom. The lowest BCUT2D eigenvalue weighted by molar-refractivity contribution is 0.203. The highest BCUT2D eigenvalue weighted by molar-refractivity contribution is 7.80. The van der Waals surface area contributed by atoms with Crippen molar-refractivity contribution in [2.75, 3.05) is 26.7 Å². The predicted octanol–water partition coefficient (Wildman–Crippen LogP) is -0.360. The van der Waals surface area contributed by atoms with Crippen LogP contribution >= 0.6 is 12.2 Å². The zero-order valence-electron chi connectivity index (χ0n) is 6.41. The van der Waals surface area contributed by atoms with Crippen LogP contribution in [0.4, 0.5) is 4.79 Å². The summed E-state index contributed by atoms with van der Waals surface area (Å²) in [6, 6.07) is 0.0119. The van der Waals surface area contributed by atoms with Gasteiger partial charge in [0.1, 0.15) is 0 Å². The quantitative estimate of drug-likeness (QED) is 0.580. The molecule has 0 bridgehead atoms. The lowest BCUT2D eigenvalue weighted by Crippen LogP contribution is -2.35. The van der Waals surface area contributed by atoms with Gasteiger partial charge in [-0.25, -0.2) is 4.79 Å². The van der Waals surface area contributed by atoms with E-state index in [0.29, 0.717) is 11.5 Å². The van der Waals surface area contributed by atoms with E-state index in [1.165, 1.54) is 0 Å². The number of carbonyl (C=O) groups excluding carboxylic acids is 1. The van der Waals surface area contributed by atoms with Gasteiger partial charge in [-0.2, -0.15) is 0 Å². The predicted molar refractivity (Wildman–Crippen MR) is 46.4 cm³/mol. The highest BCUT2D eigenvalue weighted by Gasteiger charge is 2.24. The Hall–Kier alpha value is -0.840. The summed E-state index contributed by atoms with van der Waals surface area (Å²) >= 11 is 4.69. The second kappa shape index (κ2) is 3.04. The minimum Gasteiger partial charge on any atom is -0.392 e. The molecule has 1 fully saturated rings. The van der Waals surface area contributed by atoms with Crippen LogP contribution in [0.5, 0.6) is 0 Å². The molecule has 1 aliphatic rings. The first-order valence-electron chi connectivity index (χ1n) is 3.39. The molecule has 0 saturated carbocycles. The standard InChI is InChI=1S/C6H11N3OS/c1-8-2-3-9(6(8)10)4-5(7)11/h2-4H2,1H3,(H2,7,11). The third kappa shape index (κ3) is 1.80. The van der Waals surface area contributed by atoms with Gasteiger partial charge in [0.05, 0.1) is 11.5 Å². The summed E-state index contributed by atoms with van der Waals surface area (Å²) in [4.78, 5) is 14.8. The van der Waals surface area contributed by atoms with Gasteiger partial charge >= 0.3 is 6.03 Å². The number of hydrogen-bond donors (Lipinski definition) is 1. The average molecular weight is 173 g/mol.